The summed E-state index contributed by atoms with van der Waals surface area (Å²) < 4.78 is 0. The molecule has 0 amide bonds. The highest BCUT2D eigenvalue weighted by molar-refractivity contribution is 4.72. The van der Waals surface area contributed by atoms with Gasteiger partial charge in [-0.25, -0.2) is 0 Å². The highest BCUT2D eigenvalue weighted by atomic mass is 16.3. The van der Waals surface area contributed by atoms with Crippen LogP contribution in [0.3, 0.4) is 0 Å². The van der Waals surface area contributed by atoms with Crippen LogP contribution in [0.15, 0.2) is 0 Å². The van der Waals surface area contributed by atoms with E-state index in [0.717, 1.165) is 6.42 Å². The molecule has 0 aromatic heterocycles. The molecule has 0 saturated carbocycles. The lowest BCUT2D eigenvalue weighted by Crippen LogP contribution is -2.49. The van der Waals surface area contributed by atoms with Gasteiger partial charge in [-0.2, -0.15) is 0 Å². The van der Waals surface area contributed by atoms with Gasteiger partial charge in [0.25, 0.3) is 0 Å². The third kappa shape index (κ3) is 3.95. The fraction of sp³-hybridized carbons (Fsp3) is 1.00. The van der Waals surface area contributed by atoms with Gasteiger partial charge in [-0.1, -0.05) is 13.3 Å². The quantitative estimate of drug-likeness (QED) is 0.699. The van der Waals surface area contributed by atoms with Gasteiger partial charge >= 0.3 is 0 Å². The molecule has 0 aromatic carbocycles. The minimum absolute atomic E-state index is 0.242. The van der Waals surface area contributed by atoms with Crippen LogP contribution >= 0.6 is 0 Å². The predicted molar refractivity (Wildman–Crippen MR) is 59.2 cm³/mol. The van der Waals surface area contributed by atoms with E-state index in [1.54, 1.807) is 0 Å². The van der Waals surface area contributed by atoms with Crippen LogP contribution < -0.4 is 5.32 Å². The van der Waals surface area contributed by atoms with Gasteiger partial charge in [-0.15, -0.1) is 0 Å². The second-order valence-corrected chi connectivity index (χ2v) is 4.28. The van der Waals surface area contributed by atoms with Gasteiger partial charge in [0.05, 0.1) is 12.3 Å². The van der Waals surface area contributed by atoms with Crippen molar-refractivity contribution in [3.63, 3.8) is 0 Å². The minimum atomic E-state index is -0.242. The van der Waals surface area contributed by atoms with E-state index in [9.17, 15) is 5.11 Å². The second kappa shape index (κ2) is 6.38. The number of hydrogen-bond donors (Lipinski definition) is 2. The molecule has 0 radical (unpaired) electrons. The van der Waals surface area contributed by atoms with E-state index < -0.39 is 0 Å². The molecule has 3 heteroatoms. The summed E-state index contributed by atoms with van der Waals surface area (Å²) in [5, 5.41) is 12.6. The summed E-state index contributed by atoms with van der Waals surface area (Å²) in [6.07, 6.45) is 5.37. The van der Waals surface area contributed by atoms with Crippen LogP contribution in [0.5, 0.6) is 0 Å². The van der Waals surface area contributed by atoms with E-state index in [4.69, 9.17) is 0 Å². The van der Waals surface area contributed by atoms with E-state index >= 15 is 0 Å². The summed E-state index contributed by atoms with van der Waals surface area (Å²) in [7, 11) is 0. The Hall–Kier alpha value is -0.120. The molecule has 2 N–H and O–H groups in total. The first kappa shape index (κ1) is 12.0. The molecule has 1 saturated heterocycles. The number of aliphatic hydroxyl groups excluding tert-OH is 1. The molecule has 3 nitrogen and oxygen atoms in total. The zero-order valence-electron chi connectivity index (χ0n) is 9.50. The Morgan fingerprint density at radius 3 is 2.43 bits per heavy atom. The van der Waals surface area contributed by atoms with E-state index in [1.807, 2.05) is 6.92 Å². The summed E-state index contributed by atoms with van der Waals surface area (Å²) in [5.41, 5.74) is 0. The van der Waals surface area contributed by atoms with E-state index in [2.05, 4.69) is 17.1 Å². The van der Waals surface area contributed by atoms with Crippen molar-refractivity contribution in [1.82, 2.24) is 10.2 Å². The van der Waals surface area contributed by atoms with Crippen molar-refractivity contribution in [3.05, 3.63) is 0 Å². The van der Waals surface area contributed by atoms with Gasteiger partial charge in [0, 0.05) is 6.54 Å². The van der Waals surface area contributed by atoms with Crippen LogP contribution in [0.25, 0.3) is 0 Å². The molecule has 0 aromatic rings. The normalized spacial score (nSPS) is 23.4. The summed E-state index contributed by atoms with van der Waals surface area (Å²) in [4.78, 5) is 2.51. The number of rotatable bonds is 5. The number of aliphatic hydroxyl groups is 1. The molecule has 0 bridgehead atoms. The molecular weight excluding hydrogens is 176 g/mol. The van der Waals surface area contributed by atoms with Crippen LogP contribution in [0.2, 0.25) is 0 Å². The monoisotopic (exact) mass is 200 g/mol. The van der Waals surface area contributed by atoms with Crippen molar-refractivity contribution in [2.24, 2.45) is 0 Å². The first-order valence-electron chi connectivity index (χ1n) is 5.89. The van der Waals surface area contributed by atoms with Crippen molar-refractivity contribution in [3.8, 4) is 0 Å². The molecule has 1 aliphatic rings. The Morgan fingerprint density at radius 1 is 1.29 bits per heavy atom. The van der Waals surface area contributed by atoms with Crippen LogP contribution in [-0.4, -0.2) is 41.9 Å². The molecule has 2 unspecified atom stereocenters. The Kier molecular flexibility index (Phi) is 5.45. The molecule has 1 aliphatic heterocycles. The molecule has 1 rings (SSSR count). The largest absolute Gasteiger partial charge is 0.392 e. The lowest BCUT2D eigenvalue weighted by atomic mass is 10.1. The Morgan fingerprint density at radius 2 is 1.93 bits per heavy atom. The van der Waals surface area contributed by atoms with Crippen LogP contribution in [-0.2, 0) is 0 Å². The molecule has 84 valence electrons. The number of piperidine rings is 1. The average Bonchev–Trinajstić information content (AvgIpc) is 2.20. The third-order valence-electron chi connectivity index (χ3n) is 2.87. The van der Waals surface area contributed by atoms with Gasteiger partial charge in [-0.3, -0.25) is 10.2 Å². The maximum absolute atomic E-state index is 9.21. The van der Waals surface area contributed by atoms with E-state index in [-0.39, 0.29) is 6.10 Å². The average molecular weight is 200 g/mol. The fourth-order valence-corrected chi connectivity index (χ4v) is 2.07. The fourth-order valence-electron chi connectivity index (χ4n) is 2.07. The first-order valence-corrected chi connectivity index (χ1v) is 5.89. The van der Waals surface area contributed by atoms with Crippen molar-refractivity contribution < 1.29 is 5.11 Å². The van der Waals surface area contributed by atoms with Crippen LogP contribution in [0, 0.1) is 0 Å². The number of nitrogens with zero attached hydrogens (tertiary/aromatic N) is 1. The van der Waals surface area contributed by atoms with Gasteiger partial charge in [0.15, 0.2) is 0 Å². The molecule has 0 aliphatic carbocycles. The molecule has 14 heavy (non-hydrogen) atoms. The lowest BCUT2D eigenvalue weighted by molar-refractivity contribution is 0.111. The first-order chi connectivity index (χ1) is 6.74. The summed E-state index contributed by atoms with van der Waals surface area (Å²) in [6.45, 7) is 7.16. The summed E-state index contributed by atoms with van der Waals surface area (Å²) in [5.74, 6) is 0. The third-order valence-corrected chi connectivity index (χ3v) is 2.87. The standard InChI is InChI=1S/C11H24N2O/c1-3-11(12-9-10(2)14)13-7-5-4-6-8-13/h10-12,14H,3-9H2,1-2H3. The van der Waals surface area contributed by atoms with Gasteiger partial charge < -0.3 is 5.11 Å². The van der Waals surface area contributed by atoms with Gasteiger partial charge in [-0.05, 0) is 39.3 Å². The van der Waals surface area contributed by atoms with E-state index in [1.165, 1.54) is 32.4 Å². The van der Waals surface area contributed by atoms with Crippen molar-refractivity contribution in [2.45, 2.75) is 51.8 Å². The van der Waals surface area contributed by atoms with Gasteiger partial charge in [0.2, 0.25) is 0 Å². The second-order valence-electron chi connectivity index (χ2n) is 4.28. The molecule has 1 fully saturated rings. The number of likely N-dealkylation sites (tertiary alicyclic amines) is 1. The summed E-state index contributed by atoms with van der Waals surface area (Å²) in [6, 6.07) is 0. The predicted octanol–water partition coefficient (Wildman–Crippen LogP) is 1.18. The zero-order valence-corrected chi connectivity index (χ0v) is 9.50. The Bertz CT molecular complexity index is 144. The smallest absolute Gasteiger partial charge is 0.0637 e. The Labute approximate surface area is 87.5 Å². The SMILES string of the molecule is CCC(NCC(C)O)N1CCCCC1. The number of nitrogens with one attached hydrogen (secondary N) is 1. The maximum Gasteiger partial charge on any atom is 0.0637 e. The summed E-state index contributed by atoms with van der Waals surface area (Å²) >= 11 is 0. The van der Waals surface area contributed by atoms with Crippen molar-refractivity contribution >= 4 is 0 Å². The molecule has 0 spiro atoms. The molecular formula is C11H24N2O. The topological polar surface area (TPSA) is 35.5 Å². The van der Waals surface area contributed by atoms with Crippen LogP contribution in [0.4, 0.5) is 0 Å². The highest BCUT2D eigenvalue weighted by Gasteiger charge is 2.18. The Balaban J connectivity index is 2.28. The molecule has 2 atom stereocenters. The lowest BCUT2D eigenvalue weighted by Gasteiger charge is -2.34. The molecule has 1 heterocycles. The minimum Gasteiger partial charge on any atom is -0.392 e. The zero-order chi connectivity index (χ0) is 10.4. The van der Waals surface area contributed by atoms with Crippen LogP contribution in [0.1, 0.15) is 39.5 Å². The van der Waals surface area contributed by atoms with Crippen molar-refractivity contribution in [2.75, 3.05) is 19.6 Å². The van der Waals surface area contributed by atoms with E-state index in [0.29, 0.717) is 12.7 Å². The maximum atomic E-state index is 9.21. The number of hydrogen-bond acceptors (Lipinski definition) is 3. The van der Waals surface area contributed by atoms with Gasteiger partial charge in [0.1, 0.15) is 0 Å². The highest BCUT2D eigenvalue weighted by Crippen LogP contribution is 2.12. The van der Waals surface area contributed by atoms with Crippen molar-refractivity contribution in [1.29, 1.82) is 0 Å².